The third-order valence-corrected chi connectivity index (χ3v) is 4.35. The zero-order valence-electron chi connectivity index (χ0n) is 10.4. The molecule has 17 heavy (non-hydrogen) atoms. The van der Waals surface area contributed by atoms with Crippen LogP contribution in [0.2, 0.25) is 0 Å². The van der Waals surface area contributed by atoms with Gasteiger partial charge in [-0.3, -0.25) is 4.79 Å². The van der Waals surface area contributed by atoms with Crippen molar-refractivity contribution < 1.29 is 0 Å². The number of hydrogen-bond donors (Lipinski definition) is 1. The molecule has 0 saturated heterocycles. The van der Waals surface area contributed by atoms with Crippen LogP contribution in [-0.2, 0) is 5.75 Å². The van der Waals surface area contributed by atoms with Gasteiger partial charge in [-0.05, 0) is 25.0 Å². The Hall–Kier alpha value is -0.770. The molecule has 0 unspecified atom stereocenters. The van der Waals surface area contributed by atoms with Crippen LogP contribution in [0.15, 0.2) is 10.9 Å². The van der Waals surface area contributed by atoms with Gasteiger partial charge in [0.25, 0.3) is 5.56 Å². The van der Waals surface area contributed by atoms with Gasteiger partial charge in [0.15, 0.2) is 0 Å². The molecule has 1 aromatic rings. The zero-order valence-corrected chi connectivity index (χ0v) is 11.2. The number of aromatic amines is 1. The van der Waals surface area contributed by atoms with Crippen LogP contribution in [0, 0.1) is 0 Å². The summed E-state index contributed by atoms with van der Waals surface area (Å²) in [6, 6.07) is 1.68. The summed E-state index contributed by atoms with van der Waals surface area (Å²) in [6.45, 7) is 2.16. The van der Waals surface area contributed by atoms with Crippen LogP contribution < -0.4 is 5.56 Å². The largest absolute Gasteiger partial charge is 0.310 e. The van der Waals surface area contributed by atoms with E-state index in [4.69, 9.17) is 0 Å². The number of nitrogens with zero attached hydrogens (tertiary/aromatic N) is 1. The molecule has 4 heteroatoms. The second-order valence-electron chi connectivity index (χ2n) is 4.65. The highest BCUT2D eigenvalue weighted by Crippen LogP contribution is 2.32. The fourth-order valence-electron chi connectivity index (χ4n) is 2.34. The predicted molar refractivity (Wildman–Crippen MR) is 72.5 cm³/mol. The van der Waals surface area contributed by atoms with Crippen LogP contribution in [-0.4, -0.2) is 15.7 Å². The monoisotopic (exact) mass is 252 g/mol. The van der Waals surface area contributed by atoms with Gasteiger partial charge in [-0.1, -0.05) is 19.8 Å². The molecule has 1 aromatic heterocycles. The number of nitrogens with one attached hydrogen (secondary N) is 1. The van der Waals surface area contributed by atoms with E-state index in [2.05, 4.69) is 16.9 Å². The summed E-state index contributed by atoms with van der Waals surface area (Å²) in [7, 11) is 0. The Morgan fingerprint density at radius 1 is 1.47 bits per heavy atom. The average Bonchev–Trinajstić information content (AvgIpc) is 2.82. The first-order chi connectivity index (χ1) is 8.29. The van der Waals surface area contributed by atoms with Gasteiger partial charge in [0.2, 0.25) is 0 Å². The fourth-order valence-corrected chi connectivity index (χ4v) is 3.10. The van der Waals surface area contributed by atoms with Gasteiger partial charge in [0.05, 0.1) is 11.4 Å². The highest BCUT2D eigenvalue weighted by atomic mass is 32.2. The summed E-state index contributed by atoms with van der Waals surface area (Å²) in [6.07, 6.45) is 6.10. The van der Waals surface area contributed by atoms with E-state index in [0.29, 0.717) is 5.92 Å². The van der Waals surface area contributed by atoms with Crippen molar-refractivity contribution in [2.45, 2.75) is 50.7 Å². The van der Waals surface area contributed by atoms with Gasteiger partial charge in [-0.2, -0.15) is 11.8 Å². The molecule has 0 spiro atoms. The Morgan fingerprint density at radius 2 is 2.24 bits per heavy atom. The molecule has 1 fully saturated rings. The van der Waals surface area contributed by atoms with E-state index in [1.807, 2.05) is 11.8 Å². The molecule has 2 rings (SSSR count). The normalized spacial score (nSPS) is 16.5. The average molecular weight is 252 g/mol. The van der Waals surface area contributed by atoms with Gasteiger partial charge in [-0.15, -0.1) is 0 Å². The molecule has 0 radical (unpaired) electrons. The molecule has 0 bridgehead atoms. The maximum Gasteiger partial charge on any atom is 0.251 e. The molecule has 1 N–H and O–H groups in total. The fraction of sp³-hybridized carbons (Fsp3) is 0.692. The number of thioether (sulfide) groups is 1. The third kappa shape index (κ3) is 3.60. The van der Waals surface area contributed by atoms with Gasteiger partial charge in [-0.25, -0.2) is 4.98 Å². The van der Waals surface area contributed by atoms with E-state index in [-0.39, 0.29) is 5.56 Å². The topological polar surface area (TPSA) is 45.8 Å². The van der Waals surface area contributed by atoms with E-state index >= 15 is 0 Å². The van der Waals surface area contributed by atoms with E-state index in [9.17, 15) is 4.79 Å². The maximum atomic E-state index is 11.6. The minimum absolute atomic E-state index is 0.00833. The van der Waals surface area contributed by atoms with Crippen LogP contribution in [0.25, 0.3) is 0 Å². The lowest BCUT2D eigenvalue weighted by Crippen LogP contribution is -2.13. The first-order valence-corrected chi connectivity index (χ1v) is 7.63. The van der Waals surface area contributed by atoms with Crippen molar-refractivity contribution in [3.63, 3.8) is 0 Å². The smallest absolute Gasteiger partial charge is 0.251 e. The highest BCUT2D eigenvalue weighted by molar-refractivity contribution is 7.98. The predicted octanol–water partition coefficient (Wildman–Crippen LogP) is 3.07. The summed E-state index contributed by atoms with van der Waals surface area (Å²) in [5.74, 6) is 3.31. The van der Waals surface area contributed by atoms with Crippen molar-refractivity contribution in [3.8, 4) is 0 Å². The van der Waals surface area contributed by atoms with Crippen molar-refractivity contribution >= 4 is 11.8 Å². The standard InChI is InChI=1S/C13H20N2OS/c1-2-7-17-9-12-14-11(8-13(16)15-12)10-5-3-4-6-10/h8,10H,2-7,9H2,1H3,(H,14,15,16). The van der Waals surface area contributed by atoms with E-state index in [1.165, 1.54) is 25.7 Å². The van der Waals surface area contributed by atoms with Crippen LogP contribution >= 0.6 is 11.8 Å². The Balaban J connectivity index is 2.08. The summed E-state index contributed by atoms with van der Waals surface area (Å²) in [5.41, 5.74) is 1.02. The Bertz CT molecular complexity index is 410. The summed E-state index contributed by atoms with van der Waals surface area (Å²) in [4.78, 5) is 19.0. The Kier molecular flexibility index (Phi) is 4.66. The molecule has 1 aliphatic rings. The first kappa shape index (κ1) is 12.7. The molecule has 94 valence electrons. The summed E-state index contributed by atoms with van der Waals surface area (Å²) >= 11 is 1.83. The van der Waals surface area contributed by atoms with Crippen molar-refractivity contribution in [1.82, 2.24) is 9.97 Å². The SMILES string of the molecule is CCCSCc1nc(C2CCCC2)cc(=O)[nH]1. The highest BCUT2D eigenvalue weighted by Gasteiger charge is 2.19. The Labute approximate surface area is 106 Å². The third-order valence-electron chi connectivity index (χ3n) is 3.17. The van der Waals surface area contributed by atoms with Gasteiger partial charge < -0.3 is 4.98 Å². The van der Waals surface area contributed by atoms with Crippen molar-refractivity contribution in [2.24, 2.45) is 0 Å². The van der Waals surface area contributed by atoms with E-state index in [1.54, 1.807) is 6.07 Å². The Morgan fingerprint density at radius 3 is 2.94 bits per heavy atom. The molecule has 1 saturated carbocycles. The molecule has 0 atom stereocenters. The van der Waals surface area contributed by atoms with Crippen LogP contribution in [0.5, 0.6) is 0 Å². The number of hydrogen-bond acceptors (Lipinski definition) is 3. The van der Waals surface area contributed by atoms with Crippen molar-refractivity contribution in [1.29, 1.82) is 0 Å². The molecule has 0 amide bonds. The van der Waals surface area contributed by atoms with Crippen molar-refractivity contribution in [3.05, 3.63) is 27.9 Å². The van der Waals surface area contributed by atoms with Crippen LogP contribution in [0.4, 0.5) is 0 Å². The first-order valence-electron chi connectivity index (χ1n) is 6.47. The molecule has 3 nitrogen and oxygen atoms in total. The lowest BCUT2D eigenvalue weighted by Gasteiger charge is -2.09. The zero-order chi connectivity index (χ0) is 12.1. The minimum atomic E-state index is 0.00833. The van der Waals surface area contributed by atoms with Gasteiger partial charge in [0.1, 0.15) is 5.82 Å². The summed E-state index contributed by atoms with van der Waals surface area (Å²) < 4.78 is 0. The molecule has 1 aliphatic carbocycles. The lowest BCUT2D eigenvalue weighted by atomic mass is 10.0. The maximum absolute atomic E-state index is 11.6. The quantitative estimate of drug-likeness (QED) is 0.819. The second-order valence-corrected chi connectivity index (χ2v) is 5.76. The minimum Gasteiger partial charge on any atom is -0.310 e. The molecule has 0 aromatic carbocycles. The van der Waals surface area contributed by atoms with Crippen LogP contribution in [0.1, 0.15) is 56.5 Å². The number of H-pyrrole nitrogens is 1. The lowest BCUT2D eigenvalue weighted by molar-refractivity contribution is 0.685. The summed E-state index contributed by atoms with van der Waals surface area (Å²) in [5, 5.41) is 0. The van der Waals surface area contributed by atoms with Gasteiger partial charge >= 0.3 is 0 Å². The number of aromatic nitrogens is 2. The molecule has 0 aliphatic heterocycles. The van der Waals surface area contributed by atoms with Crippen molar-refractivity contribution in [2.75, 3.05) is 5.75 Å². The second kappa shape index (κ2) is 6.24. The van der Waals surface area contributed by atoms with Crippen LogP contribution in [0.3, 0.4) is 0 Å². The molecular formula is C13H20N2OS. The van der Waals surface area contributed by atoms with E-state index < -0.39 is 0 Å². The van der Waals surface area contributed by atoms with Gasteiger partial charge in [0, 0.05) is 12.0 Å². The van der Waals surface area contributed by atoms with E-state index in [0.717, 1.165) is 29.4 Å². The number of rotatable bonds is 5. The molecule has 1 heterocycles. The molecular weight excluding hydrogens is 232 g/mol.